The Labute approximate surface area is 112 Å². The topological polar surface area (TPSA) is 35.2 Å². The first kappa shape index (κ1) is 12.8. The summed E-state index contributed by atoms with van der Waals surface area (Å²) in [5, 5.41) is 0. The van der Waals surface area contributed by atoms with E-state index in [4.69, 9.17) is 10.5 Å². The fourth-order valence-corrected chi connectivity index (χ4v) is 2.36. The van der Waals surface area contributed by atoms with Gasteiger partial charge < -0.3 is 10.5 Å². The number of ether oxygens (including phenoxy) is 1. The maximum atomic E-state index is 5.94. The molecule has 2 aromatic carbocycles. The van der Waals surface area contributed by atoms with E-state index in [9.17, 15) is 0 Å². The number of benzene rings is 2. The molecule has 0 amide bonds. The highest BCUT2D eigenvalue weighted by atomic mass is 32.2. The van der Waals surface area contributed by atoms with E-state index >= 15 is 0 Å². The molecule has 94 valence electrons. The summed E-state index contributed by atoms with van der Waals surface area (Å²) in [6.07, 6.45) is 0. The van der Waals surface area contributed by atoms with Crippen LogP contribution in [-0.2, 0) is 0 Å². The first-order valence-electron chi connectivity index (χ1n) is 5.93. The van der Waals surface area contributed by atoms with Crippen LogP contribution in [0.25, 0.3) is 0 Å². The molecule has 0 saturated heterocycles. The van der Waals surface area contributed by atoms with Crippen LogP contribution in [0.3, 0.4) is 0 Å². The van der Waals surface area contributed by atoms with Crippen LogP contribution in [0.1, 0.15) is 5.56 Å². The maximum Gasteiger partial charge on any atom is 0.142 e. The molecule has 2 rings (SSSR count). The van der Waals surface area contributed by atoms with Crippen LogP contribution < -0.4 is 10.5 Å². The highest BCUT2D eigenvalue weighted by Gasteiger charge is 2.02. The summed E-state index contributed by atoms with van der Waals surface area (Å²) in [5.41, 5.74) is 7.74. The van der Waals surface area contributed by atoms with E-state index in [1.807, 2.05) is 43.3 Å². The number of hydrogen-bond donors (Lipinski definition) is 1. The minimum Gasteiger partial charge on any atom is -0.491 e. The lowest BCUT2D eigenvalue weighted by Crippen LogP contribution is -2.03. The quantitative estimate of drug-likeness (QED) is 0.504. The first-order valence-corrected chi connectivity index (χ1v) is 6.91. The first-order chi connectivity index (χ1) is 8.77. The molecule has 18 heavy (non-hydrogen) atoms. The Balaban J connectivity index is 1.81. The fraction of sp³-hybridized carbons (Fsp3) is 0.200. The number of para-hydroxylation sites is 1. The zero-order valence-electron chi connectivity index (χ0n) is 10.4. The SMILES string of the molecule is Cc1cccc(OCCSc2ccccc2)c1N. The van der Waals surface area contributed by atoms with E-state index in [0.717, 1.165) is 22.8 Å². The van der Waals surface area contributed by atoms with Gasteiger partial charge in [-0.25, -0.2) is 0 Å². The van der Waals surface area contributed by atoms with Gasteiger partial charge in [0.2, 0.25) is 0 Å². The van der Waals surface area contributed by atoms with E-state index in [1.54, 1.807) is 11.8 Å². The van der Waals surface area contributed by atoms with Crippen LogP contribution in [0.4, 0.5) is 5.69 Å². The zero-order chi connectivity index (χ0) is 12.8. The van der Waals surface area contributed by atoms with E-state index in [0.29, 0.717) is 6.61 Å². The van der Waals surface area contributed by atoms with Gasteiger partial charge in [-0.2, -0.15) is 0 Å². The van der Waals surface area contributed by atoms with Gasteiger partial charge in [-0.3, -0.25) is 0 Å². The number of aryl methyl sites for hydroxylation is 1. The van der Waals surface area contributed by atoms with E-state index in [1.165, 1.54) is 4.90 Å². The molecular weight excluding hydrogens is 242 g/mol. The molecule has 0 unspecified atom stereocenters. The van der Waals surface area contributed by atoms with Crippen LogP contribution >= 0.6 is 11.8 Å². The van der Waals surface area contributed by atoms with Crippen LogP contribution in [0.15, 0.2) is 53.4 Å². The van der Waals surface area contributed by atoms with E-state index in [2.05, 4.69) is 12.1 Å². The largest absolute Gasteiger partial charge is 0.491 e. The van der Waals surface area contributed by atoms with Gasteiger partial charge in [0.25, 0.3) is 0 Å². The predicted molar refractivity (Wildman–Crippen MR) is 78.3 cm³/mol. The second kappa shape index (κ2) is 6.36. The van der Waals surface area contributed by atoms with Crippen molar-refractivity contribution in [1.29, 1.82) is 0 Å². The Kier molecular flexibility index (Phi) is 4.53. The van der Waals surface area contributed by atoms with Gasteiger partial charge in [0.05, 0.1) is 12.3 Å². The lowest BCUT2D eigenvalue weighted by Gasteiger charge is -2.10. The van der Waals surface area contributed by atoms with Crippen molar-refractivity contribution < 1.29 is 4.74 Å². The van der Waals surface area contributed by atoms with Crippen LogP contribution in [0.2, 0.25) is 0 Å². The highest BCUT2D eigenvalue weighted by molar-refractivity contribution is 7.99. The second-order valence-corrected chi connectivity index (χ2v) is 5.17. The second-order valence-electron chi connectivity index (χ2n) is 4.00. The summed E-state index contributed by atoms with van der Waals surface area (Å²) >= 11 is 1.78. The molecule has 0 radical (unpaired) electrons. The van der Waals surface area contributed by atoms with Gasteiger partial charge in [-0.1, -0.05) is 30.3 Å². The molecule has 0 heterocycles. The fourth-order valence-electron chi connectivity index (χ4n) is 1.61. The van der Waals surface area contributed by atoms with Crippen LogP contribution in [0, 0.1) is 6.92 Å². The van der Waals surface area contributed by atoms with Crippen molar-refractivity contribution in [3.63, 3.8) is 0 Å². The molecule has 0 atom stereocenters. The summed E-state index contributed by atoms with van der Waals surface area (Å²) in [5.74, 6) is 1.70. The van der Waals surface area contributed by atoms with Crippen molar-refractivity contribution in [2.75, 3.05) is 18.1 Å². The standard InChI is InChI=1S/C15H17NOS/c1-12-6-5-9-14(15(12)16)17-10-11-18-13-7-3-2-4-8-13/h2-9H,10-11,16H2,1H3. The Bertz CT molecular complexity index is 499. The summed E-state index contributed by atoms with van der Waals surface area (Å²) in [6.45, 7) is 2.65. The molecule has 0 saturated carbocycles. The Hall–Kier alpha value is -1.61. The molecule has 0 aromatic heterocycles. The number of nitrogen functional groups attached to an aromatic ring is 1. The lowest BCUT2D eigenvalue weighted by atomic mass is 10.2. The third-order valence-corrected chi connectivity index (χ3v) is 3.61. The third-order valence-electron chi connectivity index (χ3n) is 2.64. The molecule has 0 bridgehead atoms. The zero-order valence-corrected chi connectivity index (χ0v) is 11.2. The van der Waals surface area contributed by atoms with Crippen molar-refractivity contribution in [3.8, 4) is 5.75 Å². The van der Waals surface area contributed by atoms with E-state index < -0.39 is 0 Å². The number of anilines is 1. The van der Waals surface area contributed by atoms with Gasteiger partial charge in [-0.05, 0) is 30.7 Å². The summed E-state index contributed by atoms with van der Waals surface area (Å²) in [4.78, 5) is 1.26. The molecule has 0 aliphatic rings. The predicted octanol–water partition coefficient (Wildman–Crippen LogP) is 3.75. The molecular formula is C15H17NOS. The normalized spacial score (nSPS) is 10.3. The average molecular weight is 259 g/mol. The average Bonchev–Trinajstić information content (AvgIpc) is 2.40. The molecule has 0 aliphatic heterocycles. The Morgan fingerprint density at radius 1 is 1.06 bits per heavy atom. The third kappa shape index (κ3) is 3.44. The summed E-state index contributed by atoms with van der Waals surface area (Å²) in [7, 11) is 0. The van der Waals surface area contributed by atoms with Crippen LogP contribution in [0.5, 0.6) is 5.75 Å². The summed E-state index contributed by atoms with van der Waals surface area (Å²) in [6, 6.07) is 16.2. The van der Waals surface area contributed by atoms with Gasteiger partial charge in [0.1, 0.15) is 5.75 Å². The minimum atomic E-state index is 0.660. The van der Waals surface area contributed by atoms with Crippen LogP contribution in [-0.4, -0.2) is 12.4 Å². The molecule has 0 spiro atoms. The molecule has 3 heteroatoms. The van der Waals surface area contributed by atoms with Crippen molar-refractivity contribution in [3.05, 3.63) is 54.1 Å². The van der Waals surface area contributed by atoms with Crippen molar-refractivity contribution in [1.82, 2.24) is 0 Å². The minimum absolute atomic E-state index is 0.660. The number of thioether (sulfide) groups is 1. The highest BCUT2D eigenvalue weighted by Crippen LogP contribution is 2.25. The maximum absolute atomic E-state index is 5.94. The Morgan fingerprint density at radius 2 is 1.83 bits per heavy atom. The van der Waals surface area contributed by atoms with Crippen molar-refractivity contribution >= 4 is 17.4 Å². The van der Waals surface area contributed by atoms with E-state index in [-0.39, 0.29) is 0 Å². The molecule has 0 fully saturated rings. The van der Waals surface area contributed by atoms with Crippen molar-refractivity contribution in [2.45, 2.75) is 11.8 Å². The number of nitrogens with two attached hydrogens (primary N) is 1. The van der Waals surface area contributed by atoms with Gasteiger partial charge in [0.15, 0.2) is 0 Å². The lowest BCUT2D eigenvalue weighted by molar-refractivity contribution is 0.345. The van der Waals surface area contributed by atoms with Gasteiger partial charge in [0, 0.05) is 10.6 Å². The monoisotopic (exact) mass is 259 g/mol. The van der Waals surface area contributed by atoms with Gasteiger partial charge >= 0.3 is 0 Å². The number of hydrogen-bond acceptors (Lipinski definition) is 3. The molecule has 0 aliphatic carbocycles. The van der Waals surface area contributed by atoms with Gasteiger partial charge in [-0.15, -0.1) is 11.8 Å². The smallest absolute Gasteiger partial charge is 0.142 e. The number of rotatable bonds is 5. The molecule has 2 N–H and O–H groups in total. The summed E-state index contributed by atoms with van der Waals surface area (Å²) < 4.78 is 5.69. The molecule has 2 nitrogen and oxygen atoms in total. The molecule has 2 aromatic rings. The van der Waals surface area contributed by atoms with Crippen molar-refractivity contribution in [2.24, 2.45) is 0 Å². The Morgan fingerprint density at radius 3 is 2.61 bits per heavy atom.